The topological polar surface area (TPSA) is 13.1 Å². The van der Waals surface area contributed by atoms with Crippen LogP contribution in [0.25, 0.3) is 10.9 Å². The van der Waals surface area contributed by atoms with E-state index in [4.69, 9.17) is 4.84 Å². The summed E-state index contributed by atoms with van der Waals surface area (Å²) in [6.45, 7) is 0.726. The SMILES string of the molecule is BrCCCO[n+]1cccc2ccccc21. The van der Waals surface area contributed by atoms with Crippen molar-refractivity contribution in [2.45, 2.75) is 6.42 Å². The predicted molar refractivity (Wildman–Crippen MR) is 64.0 cm³/mol. The number of alkyl halides is 1. The number of benzene rings is 1. The van der Waals surface area contributed by atoms with Gasteiger partial charge in [0.05, 0.1) is 5.39 Å². The smallest absolute Gasteiger partial charge is 0.264 e. The van der Waals surface area contributed by atoms with E-state index in [2.05, 4.69) is 34.1 Å². The number of aromatic nitrogens is 1. The molecule has 78 valence electrons. The van der Waals surface area contributed by atoms with Crippen LogP contribution in [0.3, 0.4) is 0 Å². The molecule has 0 unspecified atom stereocenters. The van der Waals surface area contributed by atoms with Crippen molar-refractivity contribution < 1.29 is 9.57 Å². The van der Waals surface area contributed by atoms with Gasteiger partial charge in [0.25, 0.3) is 5.52 Å². The van der Waals surface area contributed by atoms with E-state index in [0.29, 0.717) is 0 Å². The van der Waals surface area contributed by atoms with Crippen LogP contribution in [0.15, 0.2) is 42.6 Å². The van der Waals surface area contributed by atoms with Gasteiger partial charge in [-0.3, -0.25) is 4.84 Å². The van der Waals surface area contributed by atoms with Crippen molar-refractivity contribution in [1.82, 2.24) is 0 Å². The molecule has 3 heteroatoms. The molecule has 0 saturated heterocycles. The summed E-state index contributed by atoms with van der Waals surface area (Å²) in [6, 6.07) is 12.3. The Morgan fingerprint density at radius 3 is 2.80 bits per heavy atom. The fourth-order valence-electron chi connectivity index (χ4n) is 1.46. The highest BCUT2D eigenvalue weighted by molar-refractivity contribution is 9.09. The second-order valence-electron chi connectivity index (χ2n) is 3.27. The molecule has 0 bridgehead atoms. The van der Waals surface area contributed by atoms with Crippen LogP contribution < -0.4 is 9.57 Å². The maximum atomic E-state index is 5.65. The molecule has 2 rings (SSSR count). The third kappa shape index (κ3) is 2.48. The Balaban J connectivity index is 2.26. The number of rotatable bonds is 4. The van der Waals surface area contributed by atoms with Crippen LogP contribution in [0.5, 0.6) is 0 Å². The van der Waals surface area contributed by atoms with E-state index in [1.807, 2.05) is 29.1 Å². The zero-order valence-electron chi connectivity index (χ0n) is 8.40. The second-order valence-corrected chi connectivity index (χ2v) is 4.06. The van der Waals surface area contributed by atoms with E-state index in [1.54, 1.807) is 0 Å². The van der Waals surface area contributed by atoms with Crippen LogP contribution in [-0.4, -0.2) is 11.9 Å². The monoisotopic (exact) mass is 266 g/mol. The van der Waals surface area contributed by atoms with Gasteiger partial charge in [0.1, 0.15) is 0 Å². The van der Waals surface area contributed by atoms with Crippen LogP contribution in [0, 0.1) is 0 Å². The van der Waals surface area contributed by atoms with E-state index in [9.17, 15) is 0 Å². The summed E-state index contributed by atoms with van der Waals surface area (Å²) in [5.41, 5.74) is 1.11. The van der Waals surface area contributed by atoms with Crippen molar-refractivity contribution in [3.63, 3.8) is 0 Å². The van der Waals surface area contributed by atoms with Crippen molar-refractivity contribution >= 4 is 26.8 Å². The predicted octanol–water partition coefficient (Wildman–Crippen LogP) is 2.34. The molecule has 0 fully saturated rings. The molecule has 0 amide bonds. The Bertz CT molecular complexity index is 439. The lowest BCUT2D eigenvalue weighted by atomic mass is 10.2. The van der Waals surface area contributed by atoms with Gasteiger partial charge in [-0.25, -0.2) is 0 Å². The maximum absolute atomic E-state index is 5.65. The lowest BCUT2D eigenvalue weighted by Crippen LogP contribution is -2.43. The molecule has 15 heavy (non-hydrogen) atoms. The van der Waals surface area contributed by atoms with E-state index in [0.717, 1.165) is 23.9 Å². The molecule has 0 aliphatic heterocycles. The maximum Gasteiger partial charge on any atom is 0.264 e. The normalized spacial score (nSPS) is 10.5. The Morgan fingerprint density at radius 1 is 1.13 bits per heavy atom. The number of nitrogens with zero attached hydrogens (tertiary/aromatic N) is 1. The van der Waals surface area contributed by atoms with Gasteiger partial charge < -0.3 is 0 Å². The highest BCUT2D eigenvalue weighted by atomic mass is 79.9. The van der Waals surface area contributed by atoms with Crippen molar-refractivity contribution in [3.05, 3.63) is 42.6 Å². The van der Waals surface area contributed by atoms with Crippen LogP contribution in [-0.2, 0) is 0 Å². The van der Waals surface area contributed by atoms with Gasteiger partial charge in [-0.2, -0.15) is 0 Å². The molecular formula is C12H13BrNO+. The fraction of sp³-hybridized carbons (Fsp3) is 0.250. The minimum atomic E-state index is 0.726. The summed E-state index contributed by atoms with van der Waals surface area (Å²) >= 11 is 3.38. The van der Waals surface area contributed by atoms with Gasteiger partial charge >= 0.3 is 0 Å². The first-order valence-electron chi connectivity index (χ1n) is 5.00. The Labute approximate surface area is 97.6 Å². The molecule has 0 aliphatic rings. The highest BCUT2D eigenvalue weighted by Crippen LogP contribution is 2.06. The number of pyridine rings is 1. The molecule has 1 heterocycles. The average molecular weight is 267 g/mol. The Hall–Kier alpha value is -1.09. The van der Waals surface area contributed by atoms with Crippen LogP contribution >= 0.6 is 15.9 Å². The summed E-state index contributed by atoms with van der Waals surface area (Å²) in [5, 5.41) is 2.16. The van der Waals surface area contributed by atoms with E-state index in [-0.39, 0.29) is 0 Å². The summed E-state index contributed by atoms with van der Waals surface area (Å²) in [7, 11) is 0. The molecule has 2 nitrogen and oxygen atoms in total. The largest absolute Gasteiger partial charge is 0.271 e. The zero-order valence-corrected chi connectivity index (χ0v) is 9.98. The summed E-state index contributed by atoms with van der Waals surface area (Å²) in [5.74, 6) is 0. The standard InChI is InChI=1S/C12H13BrNO/c13-8-4-10-15-14-9-3-6-11-5-1-2-7-12(11)14/h1-3,5-7,9H,4,8,10H2/q+1. The fourth-order valence-corrected chi connectivity index (χ4v) is 1.69. The third-order valence-corrected chi connectivity index (χ3v) is 2.74. The summed E-state index contributed by atoms with van der Waals surface area (Å²) < 4.78 is 1.83. The van der Waals surface area contributed by atoms with Crippen molar-refractivity contribution in [2.24, 2.45) is 0 Å². The molecule has 0 atom stereocenters. The first kappa shape index (κ1) is 10.4. The molecule has 1 aromatic heterocycles. The molecule has 1 aromatic carbocycles. The van der Waals surface area contributed by atoms with Crippen LogP contribution in [0.1, 0.15) is 6.42 Å². The van der Waals surface area contributed by atoms with Gasteiger partial charge in [0.15, 0.2) is 6.61 Å². The van der Waals surface area contributed by atoms with Crippen LogP contribution in [0.4, 0.5) is 0 Å². The molecule has 0 radical (unpaired) electrons. The first-order valence-corrected chi connectivity index (χ1v) is 6.12. The van der Waals surface area contributed by atoms with E-state index in [1.165, 1.54) is 5.39 Å². The first-order chi connectivity index (χ1) is 7.42. The van der Waals surface area contributed by atoms with E-state index >= 15 is 0 Å². The van der Waals surface area contributed by atoms with E-state index < -0.39 is 0 Å². The molecule has 0 aliphatic carbocycles. The number of para-hydroxylation sites is 1. The number of hydrogen-bond acceptors (Lipinski definition) is 1. The lowest BCUT2D eigenvalue weighted by molar-refractivity contribution is -0.871. The Morgan fingerprint density at radius 2 is 1.93 bits per heavy atom. The quantitative estimate of drug-likeness (QED) is 0.471. The van der Waals surface area contributed by atoms with Crippen LogP contribution in [0.2, 0.25) is 0 Å². The molecular weight excluding hydrogens is 254 g/mol. The molecule has 0 N–H and O–H groups in total. The number of hydrogen-bond donors (Lipinski definition) is 0. The third-order valence-electron chi connectivity index (χ3n) is 2.18. The zero-order chi connectivity index (χ0) is 10.5. The minimum absolute atomic E-state index is 0.726. The van der Waals surface area contributed by atoms with Gasteiger partial charge in [-0.1, -0.05) is 28.1 Å². The average Bonchev–Trinajstić information content (AvgIpc) is 2.30. The second kappa shape index (κ2) is 5.12. The molecule has 0 saturated carbocycles. The minimum Gasteiger partial charge on any atom is -0.271 e. The van der Waals surface area contributed by atoms with Gasteiger partial charge in [-0.15, -0.1) is 0 Å². The van der Waals surface area contributed by atoms with Gasteiger partial charge in [-0.05, 0) is 18.6 Å². The molecule has 0 spiro atoms. The van der Waals surface area contributed by atoms with Gasteiger partial charge in [0.2, 0.25) is 6.20 Å². The lowest BCUT2D eigenvalue weighted by Gasteiger charge is -1.99. The van der Waals surface area contributed by atoms with Crippen molar-refractivity contribution in [1.29, 1.82) is 0 Å². The summed E-state index contributed by atoms with van der Waals surface area (Å²) in [6.07, 6.45) is 2.95. The summed E-state index contributed by atoms with van der Waals surface area (Å²) in [4.78, 5) is 5.65. The number of fused-ring (bicyclic) bond motifs is 1. The molecule has 2 aromatic rings. The van der Waals surface area contributed by atoms with Crippen molar-refractivity contribution in [3.8, 4) is 0 Å². The van der Waals surface area contributed by atoms with Crippen molar-refractivity contribution in [2.75, 3.05) is 11.9 Å². The highest BCUT2D eigenvalue weighted by Gasteiger charge is 2.07. The number of halogens is 1. The Kier molecular flexibility index (Phi) is 3.56. The van der Waals surface area contributed by atoms with Gasteiger partial charge in [0, 0.05) is 22.2 Å².